The van der Waals surface area contributed by atoms with Crippen LogP contribution in [0.4, 0.5) is 13.2 Å². The second-order valence-corrected chi connectivity index (χ2v) is 5.07. The first-order valence-electron chi connectivity index (χ1n) is 5.11. The maximum Gasteiger partial charge on any atom is 0.416 e. The highest BCUT2D eigenvalue weighted by molar-refractivity contribution is 6.37. The highest BCUT2D eigenvalue weighted by Gasteiger charge is 2.31. The zero-order valence-electron chi connectivity index (χ0n) is 9.23. The fourth-order valence-corrected chi connectivity index (χ4v) is 2.22. The van der Waals surface area contributed by atoms with Crippen molar-refractivity contribution in [3.8, 4) is 11.1 Å². The Morgan fingerprint density at radius 1 is 0.737 bits per heavy atom. The molecule has 0 bridgehead atoms. The zero-order valence-corrected chi connectivity index (χ0v) is 11.5. The van der Waals surface area contributed by atoms with Gasteiger partial charge in [-0.05, 0) is 36.4 Å². The first kappa shape index (κ1) is 14.5. The fraction of sp³-hybridized carbons (Fsp3) is 0.0769. The van der Waals surface area contributed by atoms with Crippen molar-refractivity contribution in [2.45, 2.75) is 6.18 Å². The topological polar surface area (TPSA) is 0 Å². The van der Waals surface area contributed by atoms with Crippen molar-refractivity contribution in [3.63, 3.8) is 0 Å². The van der Waals surface area contributed by atoms with E-state index in [2.05, 4.69) is 0 Å². The van der Waals surface area contributed by atoms with Gasteiger partial charge in [-0.1, -0.05) is 34.8 Å². The van der Waals surface area contributed by atoms with Crippen molar-refractivity contribution >= 4 is 34.8 Å². The second-order valence-electron chi connectivity index (χ2n) is 3.82. The minimum Gasteiger partial charge on any atom is -0.166 e. The maximum absolute atomic E-state index is 12.7. The lowest BCUT2D eigenvalue weighted by Gasteiger charge is -2.12. The summed E-state index contributed by atoms with van der Waals surface area (Å²) in [4.78, 5) is 0. The molecule has 0 saturated heterocycles. The molecule has 19 heavy (non-hydrogen) atoms. The summed E-state index contributed by atoms with van der Waals surface area (Å²) >= 11 is 17.7. The van der Waals surface area contributed by atoms with E-state index < -0.39 is 11.7 Å². The van der Waals surface area contributed by atoms with Gasteiger partial charge in [-0.25, -0.2) is 0 Å². The molecule has 0 fully saturated rings. The van der Waals surface area contributed by atoms with Gasteiger partial charge in [0.05, 0.1) is 5.56 Å². The molecule has 2 rings (SSSR count). The molecule has 0 amide bonds. The Morgan fingerprint density at radius 2 is 1.26 bits per heavy atom. The summed E-state index contributed by atoms with van der Waals surface area (Å²) in [5, 5.41) is 0.829. The summed E-state index contributed by atoms with van der Waals surface area (Å²) in [6.07, 6.45) is -4.44. The third-order valence-electron chi connectivity index (χ3n) is 2.51. The van der Waals surface area contributed by atoms with Crippen LogP contribution in [-0.4, -0.2) is 0 Å². The second kappa shape index (κ2) is 5.23. The van der Waals surface area contributed by atoms with E-state index in [-0.39, 0.29) is 15.6 Å². The van der Waals surface area contributed by atoms with Crippen molar-refractivity contribution in [1.29, 1.82) is 0 Å². The minimum absolute atomic E-state index is 0.178. The quantitative estimate of drug-likeness (QED) is 0.574. The summed E-state index contributed by atoms with van der Waals surface area (Å²) in [5.74, 6) is 0. The number of hydrogen-bond acceptors (Lipinski definition) is 0. The predicted molar refractivity (Wildman–Crippen MR) is 71.9 cm³/mol. The minimum atomic E-state index is -4.44. The van der Waals surface area contributed by atoms with Crippen molar-refractivity contribution < 1.29 is 13.2 Å². The lowest BCUT2D eigenvalue weighted by molar-refractivity contribution is -0.137. The molecular formula is C13H6Cl3F3. The van der Waals surface area contributed by atoms with Crippen LogP contribution < -0.4 is 0 Å². The summed E-state index contributed by atoms with van der Waals surface area (Å²) < 4.78 is 38.1. The molecule has 2 aromatic rings. The summed E-state index contributed by atoms with van der Waals surface area (Å²) in [5.41, 5.74) is -0.225. The molecule has 0 heterocycles. The number of alkyl halides is 3. The van der Waals surface area contributed by atoms with E-state index in [4.69, 9.17) is 34.8 Å². The molecule has 0 aromatic heterocycles. The molecule has 0 spiro atoms. The van der Waals surface area contributed by atoms with Crippen LogP contribution in [0.5, 0.6) is 0 Å². The van der Waals surface area contributed by atoms with Gasteiger partial charge in [-0.3, -0.25) is 0 Å². The third kappa shape index (κ3) is 3.16. The van der Waals surface area contributed by atoms with Gasteiger partial charge in [0.15, 0.2) is 0 Å². The van der Waals surface area contributed by atoms with Crippen molar-refractivity contribution in [3.05, 3.63) is 57.0 Å². The Hall–Kier alpha value is -0.900. The smallest absolute Gasteiger partial charge is 0.166 e. The van der Waals surface area contributed by atoms with Crippen molar-refractivity contribution in [2.24, 2.45) is 0 Å². The fourth-order valence-electron chi connectivity index (χ4n) is 1.61. The average Bonchev–Trinajstić information content (AvgIpc) is 2.32. The molecule has 0 nitrogen and oxygen atoms in total. The first-order valence-corrected chi connectivity index (χ1v) is 6.24. The van der Waals surface area contributed by atoms with E-state index in [1.54, 1.807) is 6.07 Å². The van der Waals surface area contributed by atoms with Crippen LogP contribution in [0.25, 0.3) is 11.1 Å². The van der Waals surface area contributed by atoms with Gasteiger partial charge < -0.3 is 0 Å². The van der Waals surface area contributed by atoms with Crippen LogP contribution in [0.3, 0.4) is 0 Å². The van der Waals surface area contributed by atoms with Gasteiger partial charge in [-0.2, -0.15) is 13.2 Å². The average molecular weight is 326 g/mol. The van der Waals surface area contributed by atoms with Gasteiger partial charge in [0.25, 0.3) is 0 Å². The Labute approximate surface area is 122 Å². The van der Waals surface area contributed by atoms with Gasteiger partial charge in [0, 0.05) is 26.2 Å². The number of hydrogen-bond donors (Lipinski definition) is 0. The van der Waals surface area contributed by atoms with E-state index in [1.807, 2.05) is 0 Å². The van der Waals surface area contributed by atoms with Crippen LogP contribution in [-0.2, 0) is 6.18 Å². The maximum atomic E-state index is 12.7. The molecule has 0 saturated carbocycles. The summed E-state index contributed by atoms with van der Waals surface area (Å²) in [6.45, 7) is 0. The highest BCUT2D eigenvalue weighted by Crippen LogP contribution is 2.39. The Kier molecular flexibility index (Phi) is 4.00. The van der Waals surface area contributed by atoms with E-state index in [0.29, 0.717) is 10.6 Å². The van der Waals surface area contributed by atoms with E-state index >= 15 is 0 Å². The van der Waals surface area contributed by atoms with Crippen molar-refractivity contribution in [2.75, 3.05) is 0 Å². The summed E-state index contributed by atoms with van der Waals surface area (Å²) in [7, 11) is 0. The lowest BCUT2D eigenvalue weighted by Crippen LogP contribution is -2.04. The van der Waals surface area contributed by atoms with E-state index in [9.17, 15) is 13.2 Å². The lowest BCUT2D eigenvalue weighted by atomic mass is 10.0. The van der Waals surface area contributed by atoms with Crippen LogP contribution in [0.1, 0.15) is 5.56 Å². The number of rotatable bonds is 1. The van der Waals surface area contributed by atoms with Crippen LogP contribution >= 0.6 is 34.8 Å². The van der Waals surface area contributed by atoms with E-state index in [1.165, 1.54) is 18.2 Å². The molecule has 0 aliphatic heterocycles. The Morgan fingerprint density at radius 3 is 1.84 bits per heavy atom. The standard InChI is InChI=1S/C13H6Cl3F3/c14-8-2-4-12(16)10(6-8)9-5-7(13(17,18)19)1-3-11(9)15/h1-6H. The molecule has 6 heteroatoms. The molecule has 0 N–H and O–H groups in total. The van der Waals surface area contributed by atoms with Gasteiger partial charge in [0.1, 0.15) is 0 Å². The normalized spacial score (nSPS) is 11.7. The monoisotopic (exact) mass is 324 g/mol. The highest BCUT2D eigenvalue weighted by atomic mass is 35.5. The Bertz CT molecular complexity index is 621. The molecule has 0 unspecified atom stereocenters. The van der Waals surface area contributed by atoms with Crippen LogP contribution in [0.15, 0.2) is 36.4 Å². The molecule has 100 valence electrons. The van der Waals surface area contributed by atoms with Gasteiger partial charge in [-0.15, -0.1) is 0 Å². The predicted octanol–water partition coefficient (Wildman–Crippen LogP) is 6.33. The van der Waals surface area contributed by atoms with Crippen molar-refractivity contribution in [1.82, 2.24) is 0 Å². The van der Waals surface area contributed by atoms with Crippen LogP contribution in [0.2, 0.25) is 15.1 Å². The largest absolute Gasteiger partial charge is 0.416 e. The Balaban J connectivity index is 2.64. The molecular weight excluding hydrogens is 319 g/mol. The molecule has 0 atom stereocenters. The molecule has 0 aliphatic rings. The first-order chi connectivity index (χ1) is 8.79. The molecule has 0 radical (unpaired) electrons. The number of benzene rings is 2. The third-order valence-corrected chi connectivity index (χ3v) is 3.41. The molecule has 0 aliphatic carbocycles. The van der Waals surface area contributed by atoms with Gasteiger partial charge >= 0.3 is 6.18 Å². The SMILES string of the molecule is FC(F)(F)c1ccc(Cl)c(-c2cc(Cl)ccc2Cl)c1. The number of halogens is 6. The molecule has 2 aromatic carbocycles. The van der Waals surface area contributed by atoms with Crippen LogP contribution in [0, 0.1) is 0 Å². The van der Waals surface area contributed by atoms with Gasteiger partial charge in [0.2, 0.25) is 0 Å². The van der Waals surface area contributed by atoms with E-state index in [0.717, 1.165) is 12.1 Å². The zero-order chi connectivity index (χ0) is 14.2. The summed E-state index contributed by atoms with van der Waals surface area (Å²) in [6, 6.07) is 7.61.